The molecule has 0 amide bonds. The molecule has 0 radical (unpaired) electrons. The quantitative estimate of drug-likeness (QED) is 0.582. The maximum Gasteiger partial charge on any atom is 0.192 e. The number of benzene rings is 1. The molecule has 1 aromatic rings. The summed E-state index contributed by atoms with van der Waals surface area (Å²) in [7, 11) is -1.80. The summed E-state index contributed by atoms with van der Waals surface area (Å²) >= 11 is 0. The fourth-order valence-electron chi connectivity index (χ4n) is 2.61. The highest BCUT2D eigenvalue weighted by Gasteiger charge is 2.38. The predicted molar refractivity (Wildman–Crippen MR) is 99.6 cm³/mol. The van der Waals surface area contributed by atoms with Crippen LogP contribution >= 0.6 is 0 Å². The van der Waals surface area contributed by atoms with Crippen molar-refractivity contribution in [3.8, 4) is 0 Å². The van der Waals surface area contributed by atoms with Crippen molar-refractivity contribution >= 4 is 14.6 Å². The van der Waals surface area contributed by atoms with Gasteiger partial charge in [-0.3, -0.25) is 4.90 Å². The van der Waals surface area contributed by atoms with E-state index in [1.165, 1.54) is 5.56 Å². The molecule has 0 aliphatic carbocycles. The monoisotopic (exact) mass is 349 g/mol. The molecule has 1 aliphatic heterocycles. The lowest BCUT2D eigenvalue weighted by atomic mass is 10.1. The third-order valence-electron chi connectivity index (χ3n) is 5.10. The molecule has 0 spiro atoms. The number of rotatable bonds is 6. The number of carbonyl (C=O) groups excluding carboxylic acids is 1. The second-order valence-electron chi connectivity index (χ2n) is 8.18. The first-order valence-corrected chi connectivity index (χ1v) is 11.6. The molecule has 1 saturated heterocycles. The Morgan fingerprint density at radius 1 is 1.25 bits per heavy atom. The van der Waals surface area contributed by atoms with Gasteiger partial charge >= 0.3 is 0 Å². The molecular formula is C19H31NO3Si. The topological polar surface area (TPSA) is 38.8 Å². The number of hydrogen-bond acceptors (Lipinski definition) is 4. The van der Waals surface area contributed by atoms with Gasteiger partial charge in [-0.15, -0.1) is 0 Å². The van der Waals surface area contributed by atoms with Crippen molar-refractivity contribution in [3.05, 3.63) is 35.9 Å². The molecular weight excluding hydrogens is 318 g/mol. The fourth-order valence-corrected chi connectivity index (χ4v) is 3.64. The van der Waals surface area contributed by atoms with Crippen LogP contribution in [0.4, 0.5) is 0 Å². The molecule has 0 aromatic heterocycles. The highest BCUT2D eigenvalue weighted by molar-refractivity contribution is 6.74. The Balaban J connectivity index is 1.96. The van der Waals surface area contributed by atoms with E-state index in [-0.39, 0.29) is 17.2 Å². The van der Waals surface area contributed by atoms with E-state index in [0.29, 0.717) is 13.2 Å². The molecule has 1 fully saturated rings. The van der Waals surface area contributed by atoms with Gasteiger partial charge in [-0.1, -0.05) is 51.1 Å². The van der Waals surface area contributed by atoms with E-state index in [0.717, 1.165) is 19.4 Å². The number of ether oxygens (including phenoxy) is 1. The van der Waals surface area contributed by atoms with Crippen molar-refractivity contribution in [1.82, 2.24) is 4.90 Å². The van der Waals surface area contributed by atoms with Gasteiger partial charge in [0.05, 0.1) is 12.7 Å². The average molecular weight is 350 g/mol. The number of aldehydes is 1. The summed E-state index contributed by atoms with van der Waals surface area (Å²) in [4.78, 5) is 13.6. The first kappa shape index (κ1) is 19.3. The largest absolute Gasteiger partial charge is 0.414 e. The van der Waals surface area contributed by atoms with Gasteiger partial charge in [0.2, 0.25) is 0 Å². The zero-order chi connectivity index (χ0) is 17.8. The zero-order valence-electron chi connectivity index (χ0n) is 15.6. The average Bonchev–Trinajstić information content (AvgIpc) is 2.52. The van der Waals surface area contributed by atoms with E-state index < -0.39 is 8.32 Å². The standard InChI is InChI=1S/C19H31NO3Si/c1-19(2,3)24(4,5)22-15-18-13-20(12-17(14-21)23-18)11-16-9-7-6-8-10-16/h6-10,14,17-18H,11-13,15H2,1-5H3/t17-,18-/m0/s1. The molecule has 1 aliphatic rings. The Hall–Kier alpha value is -1.01. The molecule has 4 nitrogen and oxygen atoms in total. The van der Waals surface area contributed by atoms with Gasteiger partial charge in [0.25, 0.3) is 0 Å². The third-order valence-corrected chi connectivity index (χ3v) is 9.60. The highest BCUT2D eigenvalue weighted by atomic mass is 28.4. The van der Waals surface area contributed by atoms with Crippen LogP contribution in [0.2, 0.25) is 18.1 Å². The van der Waals surface area contributed by atoms with Crippen molar-refractivity contribution in [2.24, 2.45) is 0 Å². The van der Waals surface area contributed by atoms with Crippen LogP contribution in [0.5, 0.6) is 0 Å². The summed E-state index contributed by atoms with van der Waals surface area (Å²) < 4.78 is 12.2. The van der Waals surface area contributed by atoms with Crippen molar-refractivity contribution in [2.45, 2.75) is 57.7 Å². The van der Waals surface area contributed by atoms with Crippen LogP contribution in [0.1, 0.15) is 26.3 Å². The first-order chi connectivity index (χ1) is 11.2. The Labute approximate surface area is 147 Å². The normalized spacial score (nSPS) is 23.2. The molecule has 0 N–H and O–H groups in total. The lowest BCUT2D eigenvalue weighted by molar-refractivity contribution is -0.136. The van der Waals surface area contributed by atoms with E-state index >= 15 is 0 Å². The van der Waals surface area contributed by atoms with Crippen LogP contribution in [0.25, 0.3) is 0 Å². The van der Waals surface area contributed by atoms with E-state index in [1.807, 2.05) is 18.2 Å². The Bertz CT molecular complexity index is 527. The first-order valence-electron chi connectivity index (χ1n) is 8.72. The number of morpholine rings is 1. The van der Waals surface area contributed by atoms with Gasteiger partial charge in [0, 0.05) is 19.6 Å². The van der Waals surface area contributed by atoms with Crippen molar-refractivity contribution in [2.75, 3.05) is 19.7 Å². The molecule has 2 atom stereocenters. The second kappa shape index (κ2) is 7.91. The SMILES string of the molecule is CC(C)(C)[Si](C)(C)OC[C@@H]1CN(Cc2ccccc2)C[C@@H](C=O)O1. The Kier molecular flexibility index (Phi) is 6.37. The predicted octanol–water partition coefficient (Wildman–Crippen LogP) is 3.48. The molecule has 0 unspecified atom stereocenters. The molecule has 1 heterocycles. The number of carbonyl (C=O) groups is 1. The summed E-state index contributed by atoms with van der Waals surface area (Å²) in [6, 6.07) is 10.3. The van der Waals surface area contributed by atoms with Crippen LogP contribution < -0.4 is 0 Å². The minimum absolute atomic E-state index is 0.0493. The summed E-state index contributed by atoms with van der Waals surface area (Å²) in [5, 5.41) is 0.176. The van der Waals surface area contributed by atoms with Crippen molar-refractivity contribution in [1.29, 1.82) is 0 Å². The summed E-state index contributed by atoms with van der Waals surface area (Å²) in [6.07, 6.45) is 0.499. The minimum Gasteiger partial charge on any atom is -0.414 e. The van der Waals surface area contributed by atoms with Crippen molar-refractivity contribution < 1.29 is 14.0 Å². The van der Waals surface area contributed by atoms with E-state index in [1.54, 1.807) is 0 Å². The smallest absolute Gasteiger partial charge is 0.192 e. The van der Waals surface area contributed by atoms with Gasteiger partial charge in [-0.2, -0.15) is 0 Å². The van der Waals surface area contributed by atoms with E-state index in [4.69, 9.17) is 9.16 Å². The zero-order valence-corrected chi connectivity index (χ0v) is 16.6. The van der Waals surface area contributed by atoms with Gasteiger partial charge < -0.3 is 14.0 Å². The summed E-state index contributed by atoms with van der Waals surface area (Å²) in [6.45, 7) is 14.0. The second-order valence-corrected chi connectivity index (χ2v) is 13.0. The van der Waals surface area contributed by atoms with Crippen LogP contribution in [-0.2, 0) is 20.5 Å². The van der Waals surface area contributed by atoms with Crippen LogP contribution in [0.3, 0.4) is 0 Å². The molecule has 1 aromatic carbocycles. The fraction of sp³-hybridized carbons (Fsp3) is 0.632. The Morgan fingerprint density at radius 3 is 2.50 bits per heavy atom. The van der Waals surface area contributed by atoms with Crippen LogP contribution in [0.15, 0.2) is 30.3 Å². The number of hydrogen-bond donors (Lipinski definition) is 0. The van der Waals surface area contributed by atoms with E-state index in [9.17, 15) is 4.79 Å². The lowest BCUT2D eigenvalue weighted by Crippen LogP contribution is -2.51. The van der Waals surface area contributed by atoms with Crippen molar-refractivity contribution in [3.63, 3.8) is 0 Å². The molecule has 0 saturated carbocycles. The third kappa shape index (κ3) is 5.24. The number of nitrogens with zero attached hydrogens (tertiary/aromatic N) is 1. The van der Waals surface area contributed by atoms with Crippen LogP contribution in [0, 0.1) is 0 Å². The summed E-state index contributed by atoms with van der Waals surface area (Å²) in [5.74, 6) is 0. The van der Waals surface area contributed by atoms with Gasteiger partial charge in [-0.05, 0) is 23.7 Å². The summed E-state index contributed by atoms with van der Waals surface area (Å²) in [5.41, 5.74) is 1.26. The van der Waals surface area contributed by atoms with Gasteiger partial charge in [0.15, 0.2) is 8.32 Å². The van der Waals surface area contributed by atoms with Crippen LogP contribution in [-0.4, -0.2) is 51.4 Å². The molecule has 2 rings (SSSR count). The maximum atomic E-state index is 11.3. The molecule has 5 heteroatoms. The lowest BCUT2D eigenvalue weighted by Gasteiger charge is -2.40. The molecule has 0 bridgehead atoms. The van der Waals surface area contributed by atoms with E-state index in [2.05, 4.69) is 50.9 Å². The minimum atomic E-state index is -1.80. The van der Waals surface area contributed by atoms with Gasteiger partial charge in [-0.25, -0.2) is 0 Å². The van der Waals surface area contributed by atoms with Gasteiger partial charge in [0.1, 0.15) is 12.4 Å². The molecule has 134 valence electrons. The maximum absolute atomic E-state index is 11.3. The Morgan fingerprint density at radius 2 is 1.92 bits per heavy atom. The highest BCUT2D eigenvalue weighted by Crippen LogP contribution is 2.36. The molecule has 24 heavy (non-hydrogen) atoms.